The Kier molecular flexibility index (Phi) is 6.28. The number of para-hydroxylation sites is 1. The van der Waals surface area contributed by atoms with Crippen LogP contribution in [0.15, 0.2) is 146 Å². The summed E-state index contributed by atoms with van der Waals surface area (Å²) in [6.45, 7) is 0. The summed E-state index contributed by atoms with van der Waals surface area (Å²) in [4.78, 5) is 4.82. The van der Waals surface area contributed by atoms with Crippen LogP contribution in [-0.2, 0) is 0 Å². The third-order valence-electron chi connectivity index (χ3n) is 5.77. The molecule has 0 aliphatic rings. The zero-order valence-corrected chi connectivity index (χ0v) is 19.1. The van der Waals surface area contributed by atoms with E-state index in [1.807, 2.05) is 48.7 Å². The second-order valence-corrected chi connectivity index (χ2v) is 11.2. The number of pyridine rings is 1. The van der Waals surface area contributed by atoms with Gasteiger partial charge < -0.3 is 4.74 Å². The summed E-state index contributed by atoms with van der Waals surface area (Å²) in [6, 6.07) is 48.5. The Balaban J connectivity index is 1.86. The Hall–Kier alpha value is -3.74. The second kappa shape index (κ2) is 9.81. The van der Waals surface area contributed by atoms with Crippen LogP contribution in [0, 0.1) is 0 Å². The molecule has 4 aromatic carbocycles. The lowest BCUT2D eigenvalue weighted by Crippen LogP contribution is -2.37. The van der Waals surface area contributed by atoms with Gasteiger partial charge in [-0.2, -0.15) is 0 Å². The maximum absolute atomic E-state index is 6.92. The van der Waals surface area contributed by atoms with Crippen LogP contribution >= 0.6 is 7.26 Å². The highest BCUT2D eigenvalue weighted by Crippen LogP contribution is 2.66. The van der Waals surface area contributed by atoms with Crippen LogP contribution in [0.3, 0.4) is 0 Å². The maximum Gasteiger partial charge on any atom is 0.261 e. The first-order valence-corrected chi connectivity index (χ1v) is 12.9. The number of ether oxygens (including phenoxy) is 1. The lowest BCUT2D eigenvalue weighted by molar-refractivity contribution is 0.284. The number of rotatable bonds is 7. The minimum Gasteiger partial charge on any atom is -0.450 e. The van der Waals surface area contributed by atoms with Crippen molar-refractivity contribution in [3.8, 4) is 5.75 Å². The van der Waals surface area contributed by atoms with E-state index in [0.717, 1.165) is 11.4 Å². The third kappa shape index (κ3) is 4.18. The van der Waals surface area contributed by atoms with Crippen LogP contribution in [0.5, 0.6) is 5.75 Å². The van der Waals surface area contributed by atoms with Crippen molar-refractivity contribution < 1.29 is 4.74 Å². The van der Waals surface area contributed by atoms with Gasteiger partial charge in [0.05, 0.1) is 0 Å². The topological polar surface area (TPSA) is 22.1 Å². The van der Waals surface area contributed by atoms with Crippen LogP contribution in [0.2, 0.25) is 0 Å². The molecule has 1 heterocycles. The number of aromatic nitrogens is 1. The summed E-state index contributed by atoms with van der Waals surface area (Å²) < 4.78 is 6.92. The molecule has 2 nitrogen and oxygen atoms in total. The molecule has 0 N–H and O–H groups in total. The van der Waals surface area contributed by atoms with Gasteiger partial charge in [0.25, 0.3) is 5.85 Å². The molecule has 160 valence electrons. The Labute approximate surface area is 195 Å². The molecule has 0 radical (unpaired) electrons. The van der Waals surface area contributed by atoms with Crippen molar-refractivity contribution in [1.29, 1.82) is 0 Å². The van der Waals surface area contributed by atoms with Gasteiger partial charge in [0.15, 0.2) is 7.26 Å². The van der Waals surface area contributed by atoms with Gasteiger partial charge in [0.1, 0.15) is 27.4 Å². The number of nitrogens with zero attached hydrogens (tertiary/aromatic N) is 1. The van der Waals surface area contributed by atoms with Crippen molar-refractivity contribution in [2.75, 3.05) is 0 Å². The van der Waals surface area contributed by atoms with Crippen LogP contribution in [0.1, 0.15) is 11.5 Å². The first-order valence-electron chi connectivity index (χ1n) is 11.1. The average molecular weight is 447 g/mol. The lowest BCUT2D eigenvalue weighted by Gasteiger charge is -2.34. The molecule has 0 spiro atoms. The van der Waals surface area contributed by atoms with Crippen molar-refractivity contribution in [2.45, 2.75) is 5.85 Å². The molecule has 0 aliphatic carbocycles. The summed E-state index contributed by atoms with van der Waals surface area (Å²) in [5, 5.41) is 3.77. The predicted octanol–water partition coefficient (Wildman–Crippen LogP) is 6.15. The Morgan fingerprint density at radius 1 is 0.485 bits per heavy atom. The van der Waals surface area contributed by atoms with E-state index in [2.05, 4.69) is 97.1 Å². The maximum atomic E-state index is 6.92. The molecule has 0 amide bonds. The largest absolute Gasteiger partial charge is 0.450 e. The fourth-order valence-corrected chi connectivity index (χ4v) is 8.79. The molecule has 0 bridgehead atoms. The molecule has 5 rings (SSSR count). The van der Waals surface area contributed by atoms with Gasteiger partial charge >= 0.3 is 0 Å². The molecule has 0 aliphatic heterocycles. The van der Waals surface area contributed by atoms with Gasteiger partial charge in [-0.3, -0.25) is 4.98 Å². The van der Waals surface area contributed by atoms with Gasteiger partial charge in [-0.25, -0.2) is 0 Å². The van der Waals surface area contributed by atoms with Crippen LogP contribution < -0.4 is 20.7 Å². The van der Waals surface area contributed by atoms with E-state index >= 15 is 0 Å². The van der Waals surface area contributed by atoms with Crippen molar-refractivity contribution >= 4 is 23.2 Å². The molecular weight excluding hydrogens is 421 g/mol. The van der Waals surface area contributed by atoms with Crippen molar-refractivity contribution in [1.82, 2.24) is 4.98 Å². The number of hydrogen-bond donors (Lipinski definition) is 0. The minimum atomic E-state index is -2.34. The Bertz CT molecular complexity index is 1170. The predicted molar refractivity (Wildman–Crippen MR) is 139 cm³/mol. The highest BCUT2D eigenvalue weighted by atomic mass is 31.2. The monoisotopic (exact) mass is 446 g/mol. The summed E-state index contributed by atoms with van der Waals surface area (Å²) in [5.41, 5.74) is 0.922. The van der Waals surface area contributed by atoms with Gasteiger partial charge in [-0.05, 0) is 60.7 Å². The van der Waals surface area contributed by atoms with Crippen molar-refractivity contribution in [3.63, 3.8) is 0 Å². The zero-order valence-electron chi connectivity index (χ0n) is 18.2. The average Bonchev–Trinajstić information content (AvgIpc) is 2.91. The zero-order chi connectivity index (χ0) is 22.3. The van der Waals surface area contributed by atoms with E-state index in [1.165, 1.54) is 15.9 Å². The molecule has 1 unspecified atom stereocenters. The second-order valence-electron chi connectivity index (χ2n) is 7.77. The minimum absolute atomic E-state index is 0.298. The van der Waals surface area contributed by atoms with Crippen LogP contribution in [0.4, 0.5) is 0 Å². The normalized spacial score (nSPS) is 12.1. The van der Waals surface area contributed by atoms with Gasteiger partial charge in [0.2, 0.25) is 0 Å². The molecule has 33 heavy (non-hydrogen) atoms. The van der Waals surface area contributed by atoms with E-state index < -0.39 is 7.26 Å². The van der Waals surface area contributed by atoms with Gasteiger partial charge in [-0.15, -0.1) is 0 Å². The molecule has 3 heteroatoms. The van der Waals surface area contributed by atoms with E-state index in [0.29, 0.717) is 0 Å². The summed E-state index contributed by atoms with van der Waals surface area (Å²) >= 11 is 0. The highest BCUT2D eigenvalue weighted by molar-refractivity contribution is 7.95. The van der Waals surface area contributed by atoms with Crippen molar-refractivity contribution in [3.05, 3.63) is 151 Å². The van der Waals surface area contributed by atoms with E-state index in [4.69, 9.17) is 9.72 Å². The van der Waals surface area contributed by atoms with Crippen LogP contribution in [-0.4, -0.2) is 4.98 Å². The fourth-order valence-electron chi connectivity index (χ4n) is 4.33. The Morgan fingerprint density at radius 3 is 1.33 bits per heavy atom. The summed E-state index contributed by atoms with van der Waals surface area (Å²) in [7, 11) is -2.34. The number of hydrogen-bond acceptors (Lipinski definition) is 2. The molecule has 0 saturated carbocycles. The first kappa shape index (κ1) is 21.1. The van der Waals surface area contributed by atoms with Crippen LogP contribution in [0.25, 0.3) is 0 Å². The quantitative estimate of drug-likeness (QED) is 0.280. The molecular formula is C30H25NOP+. The third-order valence-corrected chi connectivity index (χ3v) is 10.2. The fraction of sp³-hybridized carbons (Fsp3) is 0.0333. The lowest BCUT2D eigenvalue weighted by atomic mass is 10.3. The van der Waals surface area contributed by atoms with Crippen molar-refractivity contribution in [2.24, 2.45) is 0 Å². The first-order chi connectivity index (χ1) is 16.4. The van der Waals surface area contributed by atoms with Gasteiger partial charge in [0, 0.05) is 6.20 Å². The summed E-state index contributed by atoms with van der Waals surface area (Å²) in [6.07, 6.45) is 1.85. The summed E-state index contributed by atoms with van der Waals surface area (Å²) in [5.74, 6) is 0.536. The smallest absolute Gasteiger partial charge is 0.261 e. The standard InChI is InChI=1S/C30H25NOP/c1-5-15-25(16-6-1)32-30(29-23-13-14-24-31-29)33(26-17-7-2-8-18-26,27-19-9-3-10-20-27)28-21-11-4-12-22-28/h1-24,30H/q+1. The van der Waals surface area contributed by atoms with E-state index in [1.54, 1.807) is 0 Å². The Morgan fingerprint density at radius 2 is 0.909 bits per heavy atom. The molecule has 5 aromatic rings. The molecule has 0 saturated heterocycles. The number of benzene rings is 4. The molecule has 1 aromatic heterocycles. The van der Waals surface area contributed by atoms with E-state index in [9.17, 15) is 0 Å². The molecule has 0 fully saturated rings. The van der Waals surface area contributed by atoms with E-state index in [-0.39, 0.29) is 5.85 Å². The molecule has 1 atom stereocenters. The van der Waals surface area contributed by atoms with Gasteiger partial charge in [-0.1, -0.05) is 78.9 Å². The highest BCUT2D eigenvalue weighted by Gasteiger charge is 2.55. The SMILES string of the molecule is c1ccc(OC(c2ccccn2)[P+](c2ccccc2)(c2ccccc2)c2ccccc2)cc1.